The van der Waals surface area contributed by atoms with Crippen molar-refractivity contribution in [2.75, 3.05) is 0 Å². The number of para-hydroxylation sites is 2. The Hall–Kier alpha value is -12.0. The number of aryl methyl sites for hydroxylation is 3. The first-order chi connectivity index (χ1) is 57.6. The number of benzene rings is 11. The summed E-state index contributed by atoms with van der Waals surface area (Å²) in [6.07, 6.45) is 8.44. The first-order valence-corrected chi connectivity index (χ1v) is 39.1. The SMILES string of the molecule is CC(=O)C=C(C)O.CC(=O)C=C(C)O.CC(=O)C=C(C)O.CC(=O)C=C(C)O.Cc1c(-c2[c-]ccc(-c3ccccc3)c2)nc2ccccc2c1-c1ccccc1.Cc1cc2ccccc2nc1-c1[c-]ccc(-c2ccccc2)c1.Cc1cccnc1-c1[c-]ccc(-c2ccccc2)c1.Cc1cnc(-c2[c-]ccc(-c3ccccc3)c2)c(C)c1C.[Ir].[Ir].[Ir].[Ir]. The van der Waals surface area contributed by atoms with E-state index in [1.54, 1.807) is 0 Å². The number of ketones is 4. The van der Waals surface area contributed by atoms with Crippen LogP contribution < -0.4 is 0 Å². The van der Waals surface area contributed by atoms with E-state index < -0.39 is 0 Å². The van der Waals surface area contributed by atoms with Gasteiger partial charge in [-0.05, 0) is 182 Å². The largest absolute Gasteiger partial charge is 0.512 e. The van der Waals surface area contributed by atoms with Gasteiger partial charge in [-0.3, -0.25) is 29.1 Å². The quantitative estimate of drug-likeness (QED) is 0.0484. The van der Waals surface area contributed by atoms with Gasteiger partial charge in [0.05, 0.1) is 34.1 Å². The monoisotopic (exact) mass is 2350 g/mol. The Morgan fingerprint density at radius 2 is 0.605 bits per heavy atom. The molecule has 4 N–H and O–H groups in total. The van der Waals surface area contributed by atoms with Crippen molar-refractivity contribution in [3.05, 3.63) is 409 Å². The number of aliphatic hydroxyl groups excluding tert-OH is 4. The van der Waals surface area contributed by atoms with Crippen LogP contribution in [0.15, 0.2) is 351 Å². The van der Waals surface area contributed by atoms with Gasteiger partial charge in [0.25, 0.3) is 0 Å². The summed E-state index contributed by atoms with van der Waals surface area (Å²) in [5, 5.41) is 35.8. The standard InChI is InChI=1S/C28H20N.C22H16N.C20H18N.C18H14N.4C5H8O2.4Ir/c1-20-27(22-13-6-3-7-14-22)25-17-8-9-18-26(25)29-28(20)24-16-10-15-23(19-24)21-11-4-2-5-12-21;1-16-14-19-10-5-6-13-21(19)23-22(16)20-12-7-11-18(15-20)17-8-3-2-4-9-17;1-14-13-21-20(16(3)15(14)2)19-11-7-10-18(12-19)17-8-5-4-6-9-17;1-14-7-6-12-19-18(14)17-11-5-10-16(13-17)15-8-3-2-4-9-15;4*1-4(6)3-5(2)7;;;;/h2-15,17-19H,1H3;2-11,13-15H,1H3;4-10,12-13H,1-3H3;2-10,12-13H,1H3;4*3,6H,1-2H3;;;;/q4*-1;;;;;;;;. The third-order valence-corrected chi connectivity index (χ3v) is 18.3. The van der Waals surface area contributed by atoms with Gasteiger partial charge < -0.3 is 30.4 Å². The number of allylic oxidation sites excluding steroid dienone is 8. The number of carbonyl (C=O) groups excluding carboxylic acids is 4. The van der Waals surface area contributed by atoms with E-state index in [2.05, 4.69) is 294 Å². The molecule has 0 saturated carbocycles. The van der Waals surface area contributed by atoms with Crippen molar-refractivity contribution in [2.45, 2.75) is 96.9 Å². The number of rotatable bonds is 13. The van der Waals surface area contributed by atoms with E-state index in [1.807, 2.05) is 85.2 Å². The second-order valence-corrected chi connectivity index (χ2v) is 28.4. The molecule has 0 aliphatic heterocycles. The Bertz CT molecular complexity index is 5970. The van der Waals surface area contributed by atoms with Crippen molar-refractivity contribution in [2.24, 2.45) is 0 Å². The van der Waals surface area contributed by atoms with Gasteiger partial charge in [0.15, 0.2) is 23.1 Å². The summed E-state index contributed by atoms with van der Waals surface area (Å²) in [7, 11) is 0. The zero-order chi connectivity index (χ0) is 86.6. The molecule has 0 atom stereocenters. The molecule has 15 rings (SSSR count). The number of aliphatic hydroxyl groups is 4. The number of aromatic nitrogens is 4. The van der Waals surface area contributed by atoms with Crippen molar-refractivity contribution in [3.8, 4) is 101 Å². The molecule has 0 unspecified atom stereocenters. The molecule has 0 amide bonds. The molecule has 0 spiro atoms. The summed E-state index contributed by atoms with van der Waals surface area (Å²) in [6, 6.07) is 113. The van der Waals surface area contributed by atoms with Crippen molar-refractivity contribution in [1.82, 2.24) is 19.9 Å². The van der Waals surface area contributed by atoms with Crippen LogP contribution in [0, 0.1) is 65.8 Å². The Labute approximate surface area is 784 Å². The van der Waals surface area contributed by atoms with E-state index in [4.69, 9.17) is 30.4 Å². The smallest absolute Gasteiger partial charge is 0.155 e. The van der Waals surface area contributed by atoms with Crippen LogP contribution in [0.5, 0.6) is 0 Å². The van der Waals surface area contributed by atoms with E-state index in [0.29, 0.717) is 0 Å². The average molecular weight is 2350 g/mol. The number of hydrogen-bond donors (Lipinski definition) is 4. The number of hydrogen-bond acceptors (Lipinski definition) is 12. The fraction of sp³-hybridized carbons (Fsp3) is 0.130. The zero-order valence-corrected chi connectivity index (χ0v) is 81.3. The maximum atomic E-state index is 10.0. The van der Waals surface area contributed by atoms with Gasteiger partial charge in [-0.25, -0.2) is 0 Å². The van der Waals surface area contributed by atoms with Crippen LogP contribution in [-0.2, 0) is 99.6 Å². The maximum absolute atomic E-state index is 10.0. The maximum Gasteiger partial charge on any atom is 0.155 e. The van der Waals surface area contributed by atoms with Crippen molar-refractivity contribution < 1.29 is 120 Å². The second kappa shape index (κ2) is 53.8. The van der Waals surface area contributed by atoms with E-state index >= 15 is 0 Å². The van der Waals surface area contributed by atoms with Crippen molar-refractivity contribution >= 4 is 44.9 Å². The van der Waals surface area contributed by atoms with Crippen LogP contribution in [0.4, 0.5) is 0 Å². The summed E-state index contributed by atoms with van der Waals surface area (Å²) in [6.45, 7) is 24.1. The van der Waals surface area contributed by atoms with Crippen LogP contribution >= 0.6 is 0 Å². The zero-order valence-electron chi connectivity index (χ0n) is 71.7. The number of carbonyl (C=O) groups is 4. The minimum absolute atomic E-state index is 0. The third-order valence-electron chi connectivity index (χ3n) is 18.3. The molecule has 4 heterocycles. The molecule has 0 fully saturated rings. The molecule has 640 valence electrons. The summed E-state index contributed by atoms with van der Waals surface area (Å²) in [5.74, 6) is -0.250. The normalized spacial score (nSPS) is 10.5. The van der Waals surface area contributed by atoms with Gasteiger partial charge in [-0.2, -0.15) is 0 Å². The molecule has 4 radical (unpaired) electrons. The molecule has 0 bridgehead atoms. The fourth-order valence-electron chi connectivity index (χ4n) is 12.7. The molecule has 0 aliphatic carbocycles. The Morgan fingerprint density at radius 3 is 0.968 bits per heavy atom. The van der Waals surface area contributed by atoms with Crippen molar-refractivity contribution in [3.63, 3.8) is 0 Å². The van der Waals surface area contributed by atoms with Gasteiger partial charge >= 0.3 is 0 Å². The molecule has 16 heteroatoms. The van der Waals surface area contributed by atoms with E-state index in [1.165, 1.54) is 179 Å². The summed E-state index contributed by atoms with van der Waals surface area (Å²) < 4.78 is 0. The summed E-state index contributed by atoms with van der Waals surface area (Å²) >= 11 is 0. The van der Waals surface area contributed by atoms with Crippen LogP contribution in [0.3, 0.4) is 0 Å². The van der Waals surface area contributed by atoms with Gasteiger partial charge in [0.1, 0.15) is 0 Å². The predicted molar refractivity (Wildman–Crippen MR) is 493 cm³/mol. The van der Waals surface area contributed by atoms with E-state index in [-0.39, 0.29) is 127 Å². The fourth-order valence-corrected chi connectivity index (χ4v) is 12.7. The third kappa shape index (κ3) is 33.3. The Kier molecular flexibility index (Phi) is 45.2. The Morgan fingerprint density at radius 1 is 0.282 bits per heavy atom. The molecule has 4 aromatic heterocycles. The summed E-state index contributed by atoms with van der Waals surface area (Å²) in [4.78, 5) is 59.0. The molecule has 11 aromatic carbocycles. The summed E-state index contributed by atoms with van der Waals surface area (Å²) in [5.41, 5.74) is 29.5. The molecular weight excluding hydrogens is 2250 g/mol. The molecule has 15 aromatic rings. The number of pyridine rings is 4. The molecule has 124 heavy (non-hydrogen) atoms. The molecule has 0 saturated heterocycles. The second-order valence-electron chi connectivity index (χ2n) is 28.4. The molecule has 0 aliphatic rings. The van der Waals surface area contributed by atoms with Crippen LogP contribution in [0.2, 0.25) is 0 Å². The van der Waals surface area contributed by atoms with Crippen molar-refractivity contribution in [1.29, 1.82) is 0 Å². The van der Waals surface area contributed by atoms with Crippen LogP contribution in [0.1, 0.15) is 88.8 Å². The van der Waals surface area contributed by atoms with Crippen LogP contribution in [-0.4, -0.2) is 63.5 Å². The molecule has 12 nitrogen and oxygen atoms in total. The topological polar surface area (TPSA) is 201 Å². The average Bonchev–Trinajstić information content (AvgIpc) is 0.763. The first-order valence-electron chi connectivity index (χ1n) is 39.1. The minimum atomic E-state index is -0.125. The Balaban J connectivity index is 0.000000313. The van der Waals surface area contributed by atoms with Gasteiger partial charge in [-0.15, -0.1) is 142 Å². The van der Waals surface area contributed by atoms with E-state index in [9.17, 15) is 19.2 Å². The predicted octanol–water partition coefficient (Wildman–Crippen LogP) is 26.8. The number of nitrogens with zero attached hydrogens (tertiary/aromatic N) is 4. The first kappa shape index (κ1) is 104. The number of fused-ring (bicyclic) bond motifs is 2. The van der Waals surface area contributed by atoms with Gasteiger partial charge in [-0.1, -0.05) is 228 Å². The van der Waals surface area contributed by atoms with E-state index in [0.717, 1.165) is 56.1 Å². The van der Waals surface area contributed by atoms with Gasteiger partial charge in [0, 0.05) is 123 Å². The minimum Gasteiger partial charge on any atom is -0.512 e. The molecular formula is C108H100Ir4N4O8-4. The van der Waals surface area contributed by atoms with Gasteiger partial charge in [0.2, 0.25) is 0 Å². The van der Waals surface area contributed by atoms with Crippen LogP contribution in [0.25, 0.3) is 122 Å².